The third kappa shape index (κ3) is 3.89. The van der Waals surface area contributed by atoms with Crippen molar-refractivity contribution in [3.8, 4) is 17.1 Å². The molecule has 0 bridgehead atoms. The van der Waals surface area contributed by atoms with Gasteiger partial charge in [0.05, 0.1) is 25.0 Å². The van der Waals surface area contributed by atoms with Gasteiger partial charge < -0.3 is 14.3 Å². The maximum Gasteiger partial charge on any atom is 0.299 e. The van der Waals surface area contributed by atoms with Crippen molar-refractivity contribution in [1.29, 1.82) is 0 Å². The lowest BCUT2D eigenvalue weighted by Crippen LogP contribution is -2.40. The van der Waals surface area contributed by atoms with Crippen molar-refractivity contribution in [2.75, 3.05) is 12.0 Å². The van der Waals surface area contributed by atoms with Crippen molar-refractivity contribution >= 4 is 23.1 Å². The summed E-state index contributed by atoms with van der Waals surface area (Å²) in [7, 11) is 1.57. The lowest BCUT2D eigenvalue weighted by atomic mass is 9.80. The molecule has 1 aliphatic heterocycles. The molecule has 1 atom stereocenters. The van der Waals surface area contributed by atoms with Crippen LogP contribution in [0.5, 0.6) is 5.75 Å². The lowest BCUT2D eigenvalue weighted by Gasteiger charge is -2.34. The highest BCUT2D eigenvalue weighted by atomic mass is 16.5. The van der Waals surface area contributed by atoms with E-state index in [9.17, 15) is 14.7 Å². The topological polar surface area (TPSA) is 80.0 Å². The summed E-state index contributed by atoms with van der Waals surface area (Å²) in [5, 5.41) is 11.2. The first-order valence-corrected chi connectivity index (χ1v) is 11.7. The second kappa shape index (κ2) is 9.21. The first-order chi connectivity index (χ1) is 16.6. The summed E-state index contributed by atoms with van der Waals surface area (Å²) < 4.78 is 10.7. The van der Waals surface area contributed by atoms with Crippen LogP contribution in [-0.4, -0.2) is 29.9 Å². The van der Waals surface area contributed by atoms with Gasteiger partial charge in [0, 0.05) is 16.8 Å². The molecule has 1 amide bonds. The van der Waals surface area contributed by atoms with Gasteiger partial charge in [-0.05, 0) is 79.4 Å². The Kier molecular flexibility index (Phi) is 5.97. The Bertz CT molecular complexity index is 1200. The fourth-order valence-electron chi connectivity index (χ4n) is 5.17. The van der Waals surface area contributed by atoms with Crippen LogP contribution in [0.25, 0.3) is 17.1 Å². The number of nitrogens with zero attached hydrogens (tertiary/aromatic N) is 1. The van der Waals surface area contributed by atoms with Gasteiger partial charge in [-0.25, -0.2) is 0 Å². The maximum absolute atomic E-state index is 13.3. The quantitative estimate of drug-likeness (QED) is 0.298. The van der Waals surface area contributed by atoms with E-state index in [0.717, 1.165) is 43.4 Å². The maximum atomic E-state index is 13.3. The summed E-state index contributed by atoms with van der Waals surface area (Å²) in [6.07, 6.45) is 6.67. The van der Waals surface area contributed by atoms with Gasteiger partial charge in [0.2, 0.25) is 0 Å². The predicted molar refractivity (Wildman–Crippen MR) is 130 cm³/mol. The molecule has 1 aromatic heterocycles. The summed E-state index contributed by atoms with van der Waals surface area (Å²) >= 11 is 0. The average molecular weight is 458 g/mol. The van der Waals surface area contributed by atoms with Crippen LogP contribution in [0.3, 0.4) is 0 Å². The molecule has 6 nitrogen and oxygen atoms in total. The third-order valence-corrected chi connectivity index (χ3v) is 6.90. The molecule has 2 fully saturated rings. The van der Waals surface area contributed by atoms with Crippen LogP contribution in [0.4, 0.5) is 5.69 Å². The number of Topliss-reactive ketones (excluding diaryl/α,β-unsaturated/α-hetero) is 1. The third-order valence-electron chi connectivity index (χ3n) is 6.90. The van der Waals surface area contributed by atoms with Gasteiger partial charge in [0.1, 0.15) is 17.3 Å². The fourth-order valence-corrected chi connectivity index (χ4v) is 5.17. The molecule has 0 spiro atoms. The Morgan fingerprint density at radius 3 is 2.29 bits per heavy atom. The van der Waals surface area contributed by atoms with Crippen molar-refractivity contribution in [3.63, 3.8) is 0 Å². The van der Waals surface area contributed by atoms with E-state index in [-0.39, 0.29) is 17.3 Å². The number of hydrogen-bond donors (Lipinski definition) is 1. The van der Waals surface area contributed by atoms with Crippen LogP contribution in [0, 0.1) is 5.92 Å². The molecule has 1 unspecified atom stereocenters. The molecule has 0 radical (unpaired) electrons. The van der Waals surface area contributed by atoms with E-state index in [2.05, 4.69) is 0 Å². The number of anilines is 1. The summed E-state index contributed by atoms with van der Waals surface area (Å²) in [5.74, 6) is 0.111. The number of aliphatic hydroxyl groups excluding tert-OH is 1. The summed E-state index contributed by atoms with van der Waals surface area (Å²) in [4.78, 5) is 28.2. The predicted octanol–water partition coefficient (Wildman–Crippen LogP) is 5.79. The SMILES string of the molecule is COc1ccc(C(O)=C2C(=O)C(=O)N(c3ccc(-c4ccco4)cc3)C2C2CCCCC2)cc1. The Morgan fingerprint density at radius 2 is 1.68 bits per heavy atom. The molecule has 2 aromatic carbocycles. The number of benzene rings is 2. The lowest BCUT2D eigenvalue weighted by molar-refractivity contribution is -0.132. The number of ether oxygens (including phenoxy) is 1. The Hall–Kier alpha value is -3.80. The number of rotatable bonds is 5. The van der Waals surface area contributed by atoms with Crippen molar-refractivity contribution < 1.29 is 23.8 Å². The zero-order chi connectivity index (χ0) is 23.7. The van der Waals surface area contributed by atoms with Gasteiger partial charge in [-0.1, -0.05) is 19.3 Å². The number of methoxy groups -OCH3 is 1. The van der Waals surface area contributed by atoms with Crippen LogP contribution in [0.15, 0.2) is 76.9 Å². The van der Waals surface area contributed by atoms with E-state index in [1.807, 2.05) is 36.4 Å². The van der Waals surface area contributed by atoms with E-state index < -0.39 is 17.7 Å². The Labute approximate surface area is 198 Å². The fraction of sp³-hybridized carbons (Fsp3) is 0.286. The number of ketones is 1. The molecule has 1 aliphatic carbocycles. The Balaban J connectivity index is 1.58. The van der Waals surface area contributed by atoms with Gasteiger partial charge in [0.15, 0.2) is 0 Å². The summed E-state index contributed by atoms with van der Waals surface area (Å²) in [6.45, 7) is 0. The molecular formula is C28H27NO5. The van der Waals surface area contributed by atoms with Crippen molar-refractivity contribution in [2.45, 2.75) is 38.1 Å². The standard InChI is InChI=1S/C28H27NO5/c1-33-22-15-11-20(12-16-22)26(30)24-25(19-6-3-2-4-7-19)29(28(32)27(24)31)21-13-9-18(10-14-21)23-8-5-17-34-23/h5,8-17,19,25,30H,2-4,6-7H2,1H3. The van der Waals surface area contributed by atoms with E-state index in [0.29, 0.717) is 17.0 Å². The molecule has 1 saturated carbocycles. The van der Waals surface area contributed by atoms with Gasteiger partial charge in [0.25, 0.3) is 11.7 Å². The van der Waals surface area contributed by atoms with Crippen LogP contribution in [0.2, 0.25) is 0 Å². The molecule has 34 heavy (non-hydrogen) atoms. The average Bonchev–Trinajstić information content (AvgIpc) is 3.52. The largest absolute Gasteiger partial charge is 0.507 e. The molecule has 1 saturated heterocycles. The Morgan fingerprint density at radius 1 is 0.971 bits per heavy atom. The molecule has 6 heteroatoms. The summed E-state index contributed by atoms with van der Waals surface area (Å²) in [5.41, 5.74) is 2.21. The highest BCUT2D eigenvalue weighted by molar-refractivity contribution is 6.51. The molecule has 5 rings (SSSR count). The van der Waals surface area contributed by atoms with Crippen molar-refractivity contribution in [2.24, 2.45) is 5.92 Å². The minimum Gasteiger partial charge on any atom is -0.507 e. The normalized spacial score (nSPS) is 20.6. The van der Waals surface area contributed by atoms with Crippen LogP contribution in [-0.2, 0) is 9.59 Å². The molecular weight excluding hydrogens is 430 g/mol. The zero-order valence-corrected chi connectivity index (χ0v) is 19.1. The monoisotopic (exact) mass is 457 g/mol. The molecule has 3 aromatic rings. The van der Waals surface area contributed by atoms with Gasteiger partial charge in [-0.2, -0.15) is 0 Å². The van der Waals surface area contributed by atoms with Gasteiger partial charge in [-0.15, -0.1) is 0 Å². The highest BCUT2D eigenvalue weighted by Gasteiger charge is 2.49. The number of aliphatic hydroxyl groups is 1. The molecule has 2 aliphatic rings. The van der Waals surface area contributed by atoms with Gasteiger partial charge >= 0.3 is 0 Å². The smallest absolute Gasteiger partial charge is 0.299 e. The first-order valence-electron chi connectivity index (χ1n) is 11.7. The van der Waals surface area contributed by atoms with Crippen LogP contribution >= 0.6 is 0 Å². The second-order valence-corrected chi connectivity index (χ2v) is 8.86. The van der Waals surface area contributed by atoms with Crippen LogP contribution < -0.4 is 9.64 Å². The van der Waals surface area contributed by atoms with E-state index in [1.54, 1.807) is 42.5 Å². The number of carbonyl (C=O) groups is 2. The van der Waals surface area contributed by atoms with Gasteiger partial charge in [-0.3, -0.25) is 14.5 Å². The number of furan rings is 1. The number of amides is 1. The molecule has 2 heterocycles. The van der Waals surface area contributed by atoms with Crippen molar-refractivity contribution in [1.82, 2.24) is 0 Å². The van der Waals surface area contributed by atoms with E-state index in [4.69, 9.17) is 9.15 Å². The second-order valence-electron chi connectivity index (χ2n) is 8.86. The van der Waals surface area contributed by atoms with E-state index in [1.165, 1.54) is 0 Å². The minimum atomic E-state index is -0.640. The number of carbonyl (C=O) groups excluding carboxylic acids is 2. The highest BCUT2D eigenvalue weighted by Crippen LogP contribution is 2.41. The van der Waals surface area contributed by atoms with E-state index >= 15 is 0 Å². The van der Waals surface area contributed by atoms with Crippen molar-refractivity contribution in [3.05, 3.63) is 78.1 Å². The minimum absolute atomic E-state index is 0.101. The molecule has 1 N–H and O–H groups in total. The number of hydrogen-bond acceptors (Lipinski definition) is 5. The molecule has 174 valence electrons. The zero-order valence-electron chi connectivity index (χ0n) is 19.1. The van der Waals surface area contributed by atoms with Crippen LogP contribution in [0.1, 0.15) is 37.7 Å². The first kappa shape index (κ1) is 22.0. The summed E-state index contributed by atoms with van der Waals surface area (Å²) in [6, 6.07) is 17.5.